The van der Waals surface area contributed by atoms with E-state index in [1.807, 2.05) is 40.7 Å². The Morgan fingerprint density at radius 2 is 1.66 bits per heavy atom. The van der Waals surface area contributed by atoms with E-state index in [-0.39, 0.29) is 55.1 Å². The number of aliphatic carboxylic acids is 1. The third-order valence-electron chi connectivity index (χ3n) is 10.1. The molecule has 0 saturated carbocycles. The van der Waals surface area contributed by atoms with Crippen molar-refractivity contribution in [2.45, 2.75) is 69.1 Å². The van der Waals surface area contributed by atoms with Gasteiger partial charge in [0, 0.05) is 48.5 Å². The number of allylic oxidation sites excluding steroid dienone is 3. The molecule has 0 saturated heterocycles. The maximum atomic E-state index is 12.3. The Hall–Kier alpha value is -3.95. The standard InChI is InChI=1S/C40H54N2O14S3/c1-39(2,3)33-27-30(56-36-26-29(12-14-32(33)36)41(19-22-53-5)18-9-25-58(48,49)54-6)10-7-11-37-40(4,17-8-24-57(45,46)47)34-28-31(59(50,51)52)13-15-35(34)42(37)20-23-55-21-16-38(43)44/h7,10-15,26-28H,8-9,16-25H2,1-6H3,(H2-,43,44,45,46,47,50,51,52)/p+1. The zero-order chi connectivity index (χ0) is 43.8. The molecule has 1 aliphatic carbocycles. The summed E-state index contributed by atoms with van der Waals surface area (Å²) in [5, 5.41) is 9.86. The fourth-order valence-corrected chi connectivity index (χ4v) is 8.80. The van der Waals surface area contributed by atoms with Gasteiger partial charge in [-0.3, -0.25) is 18.1 Å². The van der Waals surface area contributed by atoms with E-state index in [1.54, 1.807) is 31.4 Å². The second-order valence-corrected chi connectivity index (χ2v) is 20.3. The van der Waals surface area contributed by atoms with Gasteiger partial charge in [-0.25, -0.2) is 4.58 Å². The molecule has 0 radical (unpaired) electrons. The van der Waals surface area contributed by atoms with Gasteiger partial charge in [0.25, 0.3) is 30.4 Å². The summed E-state index contributed by atoms with van der Waals surface area (Å²) < 4.78 is 116. The Labute approximate surface area is 346 Å². The number of fused-ring (bicyclic) bond motifs is 2. The Kier molecular flexibility index (Phi) is 15.9. The van der Waals surface area contributed by atoms with E-state index in [2.05, 4.69) is 25.0 Å². The van der Waals surface area contributed by atoms with Gasteiger partial charge in [-0.2, -0.15) is 25.3 Å². The molecule has 2 heterocycles. The van der Waals surface area contributed by atoms with Crippen molar-refractivity contribution in [2.75, 3.05) is 70.1 Å². The number of nitrogens with zero attached hydrogens (tertiary/aromatic N) is 2. The molecule has 0 amide bonds. The fourth-order valence-electron chi connectivity index (χ4n) is 7.14. The highest BCUT2D eigenvalue weighted by molar-refractivity contribution is 7.86. The molecule has 0 fully saturated rings. The van der Waals surface area contributed by atoms with E-state index < -0.39 is 47.5 Å². The number of anilines is 1. The van der Waals surface area contributed by atoms with Crippen LogP contribution < -0.4 is 14.8 Å². The van der Waals surface area contributed by atoms with Crippen LogP contribution >= 0.6 is 0 Å². The second kappa shape index (κ2) is 19.6. The first-order chi connectivity index (χ1) is 27.5. The molecule has 1 unspecified atom stereocenters. The molecule has 1 aromatic carbocycles. The molecule has 1 aromatic rings. The lowest BCUT2D eigenvalue weighted by molar-refractivity contribution is -0.138. The molecular weight excluding hydrogens is 829 g/mol. The van der Waals surface area contributed by atoms with Gasteiger partial charge >= 0.3 is 5.97 Å². The summed E-state index contributed by atoms with van der Waals surface area (Å²) in [6, 6.07) is 11.9. The summed E-state index contributed by atoms with van der Waals surface area (Å²) in [6.07, 6.45) is 5.59. The molecule has 16 nitrogen and oxygen atoms in total. The summed E-state index contributed by atoms with van der Waals surface area (Å²) in [5.74, 6) is -0.636. The van der Waals surface area contributed by atoms with Gasteiger partial charge in [-0.15, -0.1) is 0 Å². The molecular formula is C40H55N2O14S3+. The Balaban J connectivity index is 1.86. The lowest BCUT2D eigenvalue weighted by atomic mass is 9.77. The fraction of sp³-hybridized carbons (Fsp3) is 0.500. The summed E-state index contributed by atoms with van der Waals surface area (Å²) in [6.45, 7) is 9.62. The van der Waals surface area contributed by atoms with E-state index in [4.69, 9.17) is 19.0 Å². The van der Waals surface area contributed by atoms with Gasteiger partial charge in [0.1, 0.15) is 24.7 Å². The lowest BCUT2D eigenvalue weighted by Gasteiger charge is -2.30. The molecule has 2 aliphatic heterocycles. The largest absolute Gasteiger partial charge is 0.481 e. The number of ether oxygens (including phenoxy) is 2. The molecule has 4 rings (SSSR count). The topological polar surface area (TPSA) is 227 Å². The van der Waals surface area contributed by atoms with E-state index >= 15 is 0 Å². The monoisotopic (exact) mass is 883 g/mol. The highest BCUT2D eigenvalue weighted by atomic mass is 32.2. The van der Waals surface area contributed by atoms with Gasteiger partial charge in [0.2, 0.25) is 5.36 Å². The van der Waals surface area contributed by atoms with Crippen LogP contribution in [0, 0.1) is 0 Å². The summed E-state index contributed by atoms with van der Waals surface area (Å²) in [7, 11) is -9.85. The first-order valence-electron chi connectivity index (χ1n) is 19.0. The number of carboxylic acids is 1. The summed E-state index contributed by atoms with van der Waals surface area (Å²) in [5.41, 5.74) is 2.21. The Morgan fingerprint density at radius 1 is 0.932 bits per heavy atom. The van der Waals surface area contributed by atoms with Crippen molar-refractivity contribution in [3.8, 4) is 11.3 Å². The van der Waals surface area contributed by atoms with Crippen molar-refractivity contribution >= 4 is 48.1 Å². The van der Waals surface area contributed by atoms with Crippen LogP contribution in [0.3, 0.4) is 0 Å². The highest BCUT2D eigenvalue weighted by Gasteiger charge is 2.44. The molecule has 0 bridgehead atoms. The van der Waals surface area contributed by atoms with E-state index in [9.17, 15) is 39.2 Å². The van der Waals surface area contributed by atoms with Crippen molar-refractivity contribution < 1.29 is 62.3 Å². The molecule has 0 spiro atoms. The molecule has 59 heavy (non-hydrogen) atoms. The van der Waals surface area contributed by atoms with Crippen molar-refractivity contribution in [2.24, 2.45) is 0 Å². The van der Waals surface area contributed by atoms with Crippen LogP contribution in [0.25, 0.3) is 17.4 Å². The first kappa shape index (κ1) is 47.7. The predicted molar refractivity (Wildman–Crippen MR) is 223 cm³/mol. The first-order valence-corrected chi connectivity index (χ1v) is 23.6. The van der Waals surface area contributed by atoms with E-state index in [0.29, 0.717) is 54.6 Å². The zero-order valence-corrected chi connectivity index (χ0v) is 36.7. The number of methoxy groups -OCH3 is 1. The van der Waals surface area contributed by atoms with Gasteiger partial charge in [0.15, 0.2) is 6.54 Å². The van der Waals surface area contributed by atoms with Crippen LogP contribution in [0.5, 0.6) is 0 Å². The number of rotatable bonds is 21. The molecule has 19 heteroatoms. The van der Waals surface area contributed by atoms with Gasteiger partial charge in [-0.05, 0) is 78.8 Å². The molecule has 3 aliphatic rings. The van der Waals surface area contributed by atoms with E-state index in [0.717, 1.165) is 23.6 Å². The third kappa shape index (κ3) is 13.0. The molecule has 3 N–H and O–H groups in total. The summed E-state index contributed by atoms with van der Waals surface area (Å²) >= 11 is 0. The number of benzene rings is 2. The van der Waals surface area contributed by atoms with Gasteiger partial charge in [-0.1, -0.05) is 26.8 Å². The normalized spacial score (nSPS) is 17.6. The maximum absolute atomic E-state index is 12.3. The minimum Gasteiger partial charge on any atom is -0.481 e. The second-order valence-electron chi connectivity index (χ2n) is 15.4. The van der Waals surface area contributed by atoms with Crippen molar-refractivity contribution in [1.82, 2.24) is 4.58 Å². The third-order valence-corrected chi connectivity index (χ3v) is 13.1. The molecule has 0 aromatic heterocycles. The smallest absolute Gasteiger partial charge is 0.305 e. The molecule has 1 atom stereocenters. The zero-order valence-electron chi connectivity index (χ0n) is 34.2. The average Bonchev–Trinajstić information content (AvgIpc) is 3.36. The summed E-state index contributed by atoms with van der Waals surface area (Å²) in [4.78, 5) is 12.6. The van der Waals surface area contributed by atoms with Crippen LogP contribution in [-0.4, -0.2) is 111 Å². The SMILES string of the molecule is COCC[N+](CCCS(=O)(=O)OC)=c1ccc2c(C(C)(C)C)cc(C=CC=C3N(CCOCCC(=O)O)c4ccc(S(=O)(=O)O)cc4C3(C)CCCS(=O)(=O)O)oc-2c1. The lowest BCUT2D eigenvalue weighted by Crippen LogP contribution is -2.34. The van der Waals surface area contributed by atoms with Gasteiger partial charge < -0.3 is 23.9 Å². The minimum absolute atomic E-state index is 0.00968. The number of carboxylic acid groups (broad SMARTS) is 1. The van der Waals surface area contributed by atoms with Crippen LogP contribution in [0.15, 0.2) is 69.6 Å². The van der Waals surface area contributed by atoms with Gasteiger partial charge in [0.05, 0.1) is 49.2 Å². The highest BCUT2D eigenvalue weighted by Crippen LogP contribution is 2.51. The Morgan fingerprint density at radius 3 is 2.29 bits per heavy atom. The number of carbonyl (C=O) groups is 1. The number of hydrogen-bond acceptors (Lipinski definition) is 12. The van der Waals surface area contributed by atoms with Crippen molar-refractivity contribution in [3.63, 3.8) is 0 Å². The predicted octanol–water partition coefficient (Wildman–Crippen LogP) is 4.55. The minimum atomic E-state index is -4.62. The number of hydrogen-bond donors (Lipinski definition) is 3. The van der Waals surface area contributed by atoms with Crippen LogP contribution in [0.1, 0.15) is 70.3 Å². The molecule has 326 valence electrons. The van der Waals surface area contributed by atoms with Crippen LogP contribution in [0.4, 0.5) is 5.69 Å². The Bertz CT molecular complexity index is 2410. The van der Waals surface area contributed by atoms with Crippen molar-refractivity contribution in [1.29, 1.82) is 0 Å². The quantitative estimate of drug-likeness (QED) is 0.0577. The maximum Gasteiger partial charge on any atom is 0.305 e. The average molecular weight is 884 g/mol. The van der Waals surface area contributed by atoms with Crippen molar-refractivity contribution in [3.05, 3.63) is 82.6 Å². The van der Waals surface area contributed by atoms with E-state index in [1.165, 1.54) is 12.1 Å². The van der Waals surface area contributed by atoms with Crippen LogP contribution in [0.2, 0.25) is 0 Å². The van der Waals surface area contributed by atoms with Crippen LogP contribution in [-0.2, 0) is 59.6 Å².